The van der Waals surface area contributed by atoms with Crippen LogP contribution >= 0.6 is 0 Å². The van der Waals surface area contributed by atoms with Crippen LogP contribution in [0.3, 0.4) is 0 Å². The van der Waals surface area contributed by atoms with Gasteiger partial charge in [-0.25, -0.2) is 13.2 Å². The average molecular weight is 283 g/mol. The Hall–Kier alpha value is -1.73. The Morgan fingerprint density at radius 3 is 2.42 bits per heavy atom. The van der Waals surface area contributed by atoms with Crippen molar-refractivity contribution in [3.63, 3.8) is 0 Å². The number of sulfonamides is 1. The first-order valence-corrected chi connectivity index (χ1v) is 7.20. The average Bonchev–Trinajstić information content (AvgIpc) is 2.39. The standard InChI is InChI=1S/C12H13NO5S/c14-10-4-6-13(7-5-10)19(17,18)11-3-1-2-9(8-11)12(15)16/h1-3,8H,4-7H2,(H,15,16). The molecule has 1 aliphatic heterocycles. The predicted molar refractivity (Wildman–Crippen MR) is 66.4 cm³/mol. The topological polar surface area (TPSA) is 91.8 Å². The summed E-state index contributed by atoms with van der Waals surface area (Å²) in [5.41, 5.74) is -0.0749. The molecule has 0 spiro atoms. The molecule has 1 saturated heterocycles. The molecule has 1 heterocycles. The Bertz CT molecular complexity index is 613. The van der Waals surface area contributed by atoms with Gasteiger partial charge in [-0.15, -0.1) is 0 Å². The number of carboxylic acid groups (broad SMARTS) is 1. The van der Waals surface area contributed by atoms with E-state index in [0.717, 1.165) is 6.07 Å². The van der Waals surface area contributed by atoms with Crippen LogP contribution in [0.4, 0.5) is 0 Å². The summed E-state index contributed by atoms with van der Waals surface area (Å²) < 4.78 is 25.8. The molecule has 0 aromatic heterocycles. The van der Waals surface area contributed by atoms with Crippen molar-refractivity contribution < 1.29 is 23.1 Å². The van der Waals surface area contributed by atoms with Gasteiger partial charge in [0.1, 0.15) is 5.78 Å². The van der Waals surface area contributed by atoms with E-state index in [1.54, 1.807) is 0 Å². The lowest BCUT2D eigenvalue weighted by Gasteiger charge is -2.25. The number of nitrogens with zero attached hydrogens (tertiary/aromatic N) is 1. The fourth-order valence-electron chi connectivity index (χ4n) is 1.91. The molecule has 1 aromatic rings. The molecule has 6 nitrogen and oxygen atoms in total. The van der Waals surface area contributed by atoms with Crippen molar-refractivity contribution in [3.05, 3.63) is 29.8 Å². The van der Waals surface area contributed by atoms with Crippen LogP contribution < -0.4 is 0 Å². The highest BCUT2D eigenvalue weighted by Crippen LogP contribution is 2.20. The van der Waals surface area contributed by atoms with Gasteiger partial charge < -0.3 is 5.11 Å². The molecule has 0 amide bonds. The first kappa shape index (κ1) is 13.7. The van der Waals surface area contributed by atoms with Crippen molar-refractivity contribution >= 4 is 21.8 Å². The predicted octanol–water partition coefficient (Wildman–Crippen LogP) is 0.738. The molecule has 1 fully saturated rings. The van der Waals surface area contributed by atoms with E-state index in [0.29, 0.717) is 0 Å². The zero-order chi connectivity index (χ0) is 14.0. The fraction of sp³-hybridized carbons (Fsp3) is 0.333. The Morgan fingerprint density at radius 2 is 1.84 bits per heavy atom. The molecular formula is C12H13NO5S. The minimum absolute atomic E-state index is 0.0470. The molecule has 0 atom stereocenters. The molecule has 0 unspecified atom stereocenters. The molecule has 1 aromatic carbocycles. The molecule has 0 bridgehead atoms. The minimum Gasteiger partial charge on any atom is -0.478 e. The van der Waals surface area contributed by atoms with E-state index in [-0.39, 0.29) is 42.2 Å². The number of Topliss-reactive ketones (excluding diaryl/α,β-unsaturated/α-hetero) is 1. The summed E-state index contributed by atoms with van der Waals surface area (Å²) in [6.45, 7) is 0.303. The third-order valence-electron chi connectivity index (χ3n) is 3.00. The van der Waals surface area contributed by atoms with Gasteiger partial charge in [-0.1, -0.05) is 6.07 Å². The normalized spacial score (nSPS) is 17.4. The number of carbonyl (C=O) groups is 2. The van der Waals surface area contributed by atoms with Crippen molar-refractivity contribution in [2.75, 3.05) is 13.1 Å². The van der Waals surface area contributed by atoms with Crippen LogP contribution in [0.15, 0.2) is 29.2 Å². The van der Waals surface area contributed by atoms with E-state index in [2.05, 4.69) is 0 Å². The van der Waals surface area contributed by atoms with Crippen LogP contribution in [-0.2, 0) is 14.8 Å². The molecular weight excluding hydrogens is 270 g/mol. The van der Waals surface area contributed by atoms with Gasteiger partial charge in [0.05, 0.1) is 10.5 Å². The molecule has 2 rings (SSSR count). The molecule has 0 radical (unpaired) electrons. The lowest BCUT2D eigenvalue weighted by atomic mass is 10.1. The minimum atomic E-state index is -3.72. The van der Waals surface area contributed by atoms with Gasteiger partial charge in [0.15, 0.2) is 0 Å². The van der Waals surface area contributed by atoms with Crippen molar-refractivity contribution in [2.45, 2.75) is 17.7 Å². The van der Waals surface area contributed by atoms with Crippen molar-refractivity contribution in [3.8, 4) is 0 Å². The third kappa shape index (κ3) is 2.82. The van der Waals surface area contributed by atoms with Gasteiger partial charge in [0, 0.05) is 25.9 Å². The number of benzene rings is 1. The number of hydrogen-bond acceptors (Lipinski definition) is 4. The second-order valence-corrected chi connectivity index (χ2v) is 6.21. The van der Waals surface area contributed by atoms with Crippen molar-refractivity contribution in [1.29, 1.82) is 0 Å². The lowest BCUT2D eigenvalue weighted by molar-refractivity contribution is -0.120. The maximum atomic E-state index is 12.3. The maximum absolute atomic E-state index is 12.3. The van der Waals surface area contributed by atoms with E-state index < -0.39 is 16.0 Å². The smallest absolute Gasteiger partial charge is 0.335 e. The Kier molecular flexibility index (Phi) is 3.68. The quantitative estimate of drug-likeness (QED) is 0.883. The van der Waals surface area contributed by atoms with E-state index in [9.17, 15) is 18.0 Å². The van der Waals surface area contributed by atoms with Crippen LogP contribution in [0.1, 0.15) is 23.2 Å². The van der Waals surface area contributed by atoms with Crippen molar-refractivity contribution in [1.82, 2.24) is 4.31 Å². The zero-order valence-electron chi connectivity index (χ0n) is 10.1. The molecule has 0 saturated carbocycles. The van der Waals surface area contributed by atoms with Crippen LogP contribution in [-0.4, -0.2) is 42.7 Å². The number of ketones is 1. The largest absolute Gasteiger partial charge is 0.478 e. The maximum Gasteiger partial charge on any atom is 0.335 e. The summed E-state index contributed by atoms with van der Waals surface area (Å²) in [6.07, 6.45) is 0.412. The number of aromatic carboxylic acids is 1. The number of hydrogen-bond donors (Lipinski definition) is 1. The summed E-state index contributed by atoms with van der Waals surface area (Å²) in [4.78, 5) is 21.9. The SMILES string of the molecule is O=C1CCN(S(=O)(=O)c2cccc(C(=O)O)c2)CC1. The fourth-order valence-corrected chi connectivity index (χ4v) is 3.40. The van der Waals surface area contributed by atoms with E-state index in [1.807, 2.05) is 0 Å². The Balaban J connectivity index is 2.31. The van der Waals surface area contributed by atoms with Crippen LogP contribution in [0, 0.1) is 0 Å². The molecule has 19 heavy (non-hydrogen) atoms. The van der Waals surface area contributed by atoms with Crippen LogP contribution in [0.25, 0.3) is 0 Å². The van der Waals surface area contributed by atoms with Gasteiger partial charge in [-0.05, 0) is 18.2 Å². The van der Waals surface area contributed by atoms with Crippen molar-refractivity contribution in [2.24, 2.45) is 0 Å². The highest BCUT2D eigenvalue weighted by molar-refractivity contribution is 7.89. The molecule has 102 valence electrons. The number of carbonyl (C=O) groups excluding carboxylic acids is 1. The van der Waals surface area contributed by atoms with Crippen LogP contribution in [0.2, 0.25) is 0 Å². The van der Waals surface area contributed by atoms with Gasteiger partial charge in [-0.2, -0.15) is 4.31 Å². The summed E-state index contributed by atoms with van der Waals surface area (Å²) in [6, 6.07) is 5.22. The van der Waals surface area contributed by atoms with Gasteiger partial charge in [0.2, 0.25) is 10.0 Å². The Morgan fingerprint density at radius 1 is 1.21 bits per heavy atom. The second kappa shape index (κ2) is 5.10. The third-order valence-corrected chi connectivity index (χ3v) is 4.89. The number of piperidine rings is 1. The van der Waals surface area contributed by atoms with E-state index in [4.69, 9.17) is 5.11 Å². The summed E-state index contributed by atoms with van der Waals surface area (Å²) in [5.74, 6) is -1.13. The van der Waals surface area contributed by atoms with E-state index in [1.165, 1.54) is 22.5 Å². The summed E-state index contributed by atoms with van der Waals surface area (Å²) in [7, 11) is -3.72. The first-order chi connectivity index (χ1) is 8.91. The summed E-state index contributed by atoms with van der Waals surface area (Å²) in [5, 5.41) is 8.87. The number of rotatable bonds is 3. The molecule has 7 heteroatoms. The van der Waals surface area contributed by atoms with E-state index >= 15 is 0 Å². The molecule has 1 N–H and O–H groups in total. The monoisotopic (exact) mass is 283 g/mol. The molecule has 1 aliphatic rings. The number of carboxylic acids is 1. The second-order valence-electron chi connectivity index (χ2n) is 4.28. The molecule has 0 aliphatic carbocycles. The Labute approximate surface area is 110 Å². The van der Waals surface area contributed by atoms with Gasteiger partial charge in [0.25, 0.3) is 0 Å². The van der Waals surface area contributed by atoms with Gasteiger partial charge >= 0.3 is 5.97 Å². The summed E-state index contributed by atoms with van der Waals surface area (Å²) >= 11 is 0. The highest BCUT2D eigenvalue weighted by Gasteiger charge is 2.28. The zero-order valence-corrected chi connectivity index (χ0v) is 10.9. The highest BCUT2D eigenvalue weighted by atomic mass is 32.2. The van der Waals surface area contributed by atoms with Crippen LogP contribution in [0.5, 0.6) is 0 Å². The lowest BCUT2D eigenvalue weighted by Crippen LogP contribution is -2.38. The van der Waals surface area contributed by atoms with Gasteiger partial charge in [-0.3, -0.25) is 4.79 Å². The first-order valence-electron chi connectivity index (χ1n) is 5.76.